The highest BCUT2D eigenvalue weighted by Crippen LogP contribution is 2.22. The van der Waals surface area contributed by atoms with Crippen LogP contribution in [0.15, 0.2) is 18.2 Å². The van der Waals surface area contributed by atoms with E-state index in [4.69, 9.17) is 32.2 Å². The second kappa shape index (κ2) is 6.07. The predicted molar refractivity (Wildman–Crippen MR) is 73.7 cm³/mol. The molecule has 0 aliphatic heterocycles. The van der Waals surface area contributed by atoms with Crippen LogP contribution in [0.4, 0.5) is 0 Å². The molecule has 18 heavy (non-hydrogen) atoms. The number of amidine groups is 1. The van der Waals surface area contributed by atoms with Gasteiger partial charge in [0.15, 0.2) is 0 Å². The number of benzene rings is 1. The lowest BCUT2D eigenvalue weighted by molar-refractivity contribution is -0.0163. The molecule has 1 rings (SSSR count). The fourth-order valence-corrected chi connectivity index (χ4v) is 1.51. The van der Waals surface area contributed by atoms with Crippen LogP contribution in [-0.2, 0) is 4.74 Å². The molecular formula is C13H19ClN2O2. The molecule has 0 aliphatic rings. The smallest absolute Gasteiger partial charge is 0.130 e. The van der Waals surface area contributed by atoms with Crippen LogP contribution in [0.5, 0.6) is 5.75 Å². The summed E-state index contributed by atoms with van der Waals surface area (Å²) in [6.07, 6.45) is 0. The molecule has 0 saturated carbocycles. The first kappa shape index (κ1) is 14.8. The summed E-state index contributed by atoms with van der Waals surface area (Å²) in [5.74, 6) is 0.480. The Balaban J connectivity index is 2.59. The first-order chi connectivity index (χ1) is 8.29. The highest BCUT2D eigenvalue weighted by atomic mass is 35.5. The Hall–Kier alpha value is -1.26. The monoisotopic (exact) mass is 270 g/mol. The second-order valence-electron chi connectivity index (χ2n) is 4.86. The third-order valence-corrected chi connectivity index (χ3v) is 2.34. The Morgan fingerprint density at radius 3 is 2.56 bits per heavy atom. The van der Waals surface area contributed by atoms with Crippen LogP contribution in [0.25, 0.3) is 0 Å². The minimum absolute atomic E-state index is 0.0655. The van der Waals surface area contributed by atoms with E-state index in [2.05, 4.69) is 0 Å². The molecule has 4 nitrogen and oxygen atoms in total. The molecular weight excluding hydrogens is 252 g/mol. The Labute approximate surface area is 113 Å². The molecule has 3 N–H and O–H groups in total. The van der Waals surface area contributed by atoms with Crippen molar-refractivity contribution in [3.63, 3.8) is 0 Å². The average Bonchev–Trinajstić information content (AvgIpc) is 2.24. The third-order valence-electron chi connectivity index (χ3n) is 2.11. The van der Waals surface area contributed by atoms with Crippen molar-refractivity contribution in [1.29, 1.82) is 5.41 Å². The molecule has 0 radical (unpaired) electrons. The van der Waals surface area contributed by atoms with Gasteiger partial charge in [0, 0.05) is 5.02 Å². The fourth-order valence-electron chi connectivity index (χ4n) is 1.34. The van der Waals surface area contributed by atoms with Gasteiger partial charge in [-0.2, -0.15) is 0 Å². The van der Waals surface area contributed by atoms with Crippen molar-refractivity contribution in [3.05, 3.63) is 28.8 Å². The molecule has 0 aromatic heterocycles. The van der Waals surface area contributed by atoms with E-state index >= 15 is 0 Å². The van der Waals surface area contributed by atoms with Crippen LogP contribution in [0.1, 0.15) is 26.3 Å². The normalized spacial score (nSPS) is 11.3. The zero-order valence-electron chi connectivity index (χ0n) is 10.9. The van der Waals surface area contributed by atoms with Gasteiger partial charge in [0.1, 0.15) is 18.2 Å². The standard InChI is InChI=1S/C13H19ClN2O2/c1-13(2,3)18-7-6-17-11-5-4-9(14)8-10(11)12(15)16/h4-5,8H,6-7H2,1-3H3,(H3,15,16). The van der Waals surface area contributed by atoms with E-state index in [1.807, 2.05) is 20.8 Å². The Morgan fingerprint density at radius 2 is 2.00 bits per heavy atom. The van der Waals surface area contributed by atoms with Gasteiger partial charge >= 0.3 is 0 Å². The average molecular weight is 271 g/mol. The highest BCUT2D eigenvalue weighted by molar-refractivity contribution is 6.31. The summed E-state index contributed by atoms with van der Waals surface area (Å²) in [4.78, 5) is 0. The number of halogens is 1. The maximum atomic E-state index is 7.46. The number of hydrogen-bond donors (Lipinski definition) is 2. The van der Waals surface area contributed by atoms with E-state index in [1.54, 1.807) is 18.2 Å². The Morgan fingerprint density at radius 1 is 1.33 bits per heavy atom. The minimum Gasteiger partial charge on any atom is -0.490 e. The molecule has 0 bridgehead atoms. The summed E-state index contributed by atoms with van der Waals surface area (Å²) in [5.41, 5.74) is 5.78. The number of hydrogen-bond acceptors (Lipinski definition) is 3. The van der Waals surface area contributed by atoms with Crippen molar-refractivity contribution in [2.24, 2.45) is 5.73 Å². The fraction of sp³-hybridized carbons (Fsp3) is 0.462. The van der Waals surface area contributed by atoms with Crippen LogP contribution in [0.3, 0.4) is 0 Å². The maximum Gasteiger partial charge on any atom is 0.130 e. The second-order valence-corrected chi connectivity index (χ2v) is 5.30. The summed E-state index contributed by atoms with van der Waals surface area (Å²) in [5, 5.41) is 7.99. The zero-order chi connectivity index (χ0) is 13.8. The van der Waals surface area contributed by atoms with Gasteiger partial charge in [-0.3, -0.25) is 5.41 Å². The van der Waals surface area contributed by atoms with Gasteiger partial charge in [-0.15, -0.1) is 0 Å². The quantitative estimate of drug-likeness (QED) is 0.491. The number of nitrogens with two attached hydrogens (primary N) is 1. The summed E-state index contributed by atoms with van der Waals surface area (Å²) in [6, 6.07) is 5.02. The summed E-state index contributed by atoms with van der Waals surface area (Å²) in [7, 11) is 0. The maximum absolute atomic E-state index is 7.46. The molecule has 0 amide bonds. The van der Waals surface area contributed by atoms with Crippen molar-refractivity contribution in [3.8, 4) is 5.75 Å². The third kappa shape index (κ3) is 4.94. The molecule has 0 fully saturated rings. The number of ether oxygens (including phenoxy) is 2. The van der Waals surface area contributed by atoms with Gasteiger partial charge in [0.05, 0.1) is 17.8 Å². The van der Waals surface area contributed by atoms with E-state index in [9.17, 15) is 0 Å². The number of nitrogen functional groups attached to an aromatic ring is 1. The van der Waals surface area contributed by atoms with Gasteiger partial charge in [-0.1, -0.05) is 11.6 Å². The van der Waals surface area contributed by atoms with E-state index in [-0.39, 0.29) is 11.4 Å². The zero-order valence-corrected chi connectivity index (χ0v) is 11.7. The molecule has 5 heteroatoms. The number of rotatable bonds is 5. The first-order valence-corrected chi connectivity index (χ1v) is 6.08. The van der Waals surface area contributed by atoms with Crippen LogP contribution >= 0.6 is 11.6 Å². The largest absolute Gasteiger partial charge is 0.490 e. The topological polar surface area (TPSA) is 68.3 Å². The van der Waals surface area contributed by atoms with E-state index in [0.29, 0.717) is 29.5 Å². The van der Waals surface area contributed by atoms with E-state index < -0.39 is 0 Å². The molecule has 1 aromatic rings. The van der Waals surface area contributed by atoms with E-state index in [0.717, 1.165) is 0 Å². The van der Waals surface area contributed by atoms with Gasteiger partial charge in [-0.05, 0) is 39.0 Å². The molecule has 0 heterocycles. The minimum atomic E-state index is -0.188. The van der Waals surface area contributed by atoms with Crippen molar-refractivity contribution < 1.29 is 9.47 Å². The molecule has 0 atom stereocenters. The Kier molecular flexibility index (Phi) is 4.99. The molecule has 0 spiro atoms. The first-order valence-electron chi connectivity index (χ1n) is 5.70. The summed E-state index contributed by atoms with van der Waals surface area (Å²) >= 11 is 5.85. The van der Waals surface area contributed by atoms with Crippen LogP contribution in [-0.4, -0.2) is 24.7 Å². The van der Waals surface area contributed by atoms with Crippen molar-refractivity contribution >= 4 is 17.4 Å². The van der Waals surface area contributed by atoms with Crippen LogP contribution in [0.2, 0.25) is 5.02 Å². The van der Waals surface area contributed by atoms with Crippen molar-refractivity contribution in [1.82, 2.24) is 0 Å². The lowest BCUT2D eigenvalue weighted by Gasteiger charge is -2.20. The van der Waals surface area contributed by atoms with Crippen molar-refractivity contribution in [2.45, 2.75) is 26.4 Å². The molecule has 1 aromatic carbocycles. The Bertz CT molecular complexity index is 427. The lowest BCUT2D eigenvalue weighted by Crippen LogP contribution is -2.23. The van der Waals surface area contributed by atoms with Gasteiger partial charge in [-0.25, -0.2) is 0 Å². The lowest BCUT2D eigenvalue weighted by atomic mass is 10.2. The molecule has 0 saturated heterocycles. The molecule has 0 aliphatic carbocycles. The predicted octanol–water partition coefficient (Wildman–Crippen LogP) is 2.82. The van der Waals surface area contributed by atoms with Crippen molar-refractivity contribution in [2.75, 3.05) is 13.2 Å². The van der Waals surface area contributed by atoms with Crippen LogP contribution in [0, 0.1) is 5.41 Å². The van der Waals surface area contributed by atoms with Gasteiger partial charge in [0.2, 0.25) is 0 Å². The van der Waals surface area contributed by atoms with Crippen LogP contribution < -0.4 is 10.5 Å². The van der Waals surface area contributed by atoms with Gasteiger partial charge < -0.3 is 15.2 Å². The highest BCUT2D eigenvalue weighted by Gasteiger charge is 2.11. The van der Waals surface area contributed by atoms with Gasteiger partial charge in [0.25, 0.3) is 0 Å². The molecule has 0 unspecified atom stereocenters. The SMILES string of the molecule is CC(C)(C)OCCOc1ccc(Cl)cc1C(=N)N. The summed E-state index contributed by atoms with van der Waals surface area (Å²) in [6.45, 7) is 6.82. The molecule has 100 valence electrons. The summed E-state index contributed by atoms with van der Waals surface area (Å²) < 4.78 is 11.1. The van der Waals surface area contributed by atoms with E-state index in [1.165, 1.54) is 0 Å². The number of nitrogens with one attached hydrogen (secondary N) is 1.